The zero-order valence-corrected chi connectivity index (χ0v) is 16.7. The van der Waals surface area contributed by atoms with Crippen LogP contribution in [0.1, 0.15) is 29.6 Å². The Labute approximate surface area is 174 Å². The van der Waals surface area contributed by atoms with Crippen LogP contribution in [0.15, 0.2) is 59.8 Å². The van der Waals surface area contributed by atoms with Gasteiger partial charge in [-0.3, -0.25) is 4.79 Å². The second-order valence-corrected chi connectivity index (χ2v) is 8.07. The van der Waals surface area contributed by atoms with Crippen molar-refractivity contribution in [3.63, 3.8) is 0 Å². The Hall–Kier alpha value is -3.22. The van der Waals surface area contributed by atoms with Gasteiger partial charge in [0.15, 0.2) is 11.6 Å². The van der Waals surface area contributed by atoms with Gasteiger partial charge in [0.05, 0.1) is 13.3 Å². The van der Waals surface area contributed by atoms with Crippen LogP contribution in [0, 0.1) is 11.7 Å². The van der Waals surface area contributed by atoms with Gasteiger partial charge >= 0.3 is 0 Å². The zero-order valence-electron chi connectivity index (χ0n) is 16.7. The fourth-order valence-corrected chi connectivity index (χ4v) is 5.06. The highest BCUT2D eigenvalue weighted by Gasteiger charge is 2.41. The van der Waals surface area contributed by atoms with Crippen LogP contribution < -0.4 is 15.2 Å². The van der Waals surface area contributed by atoms with Crippen LogP contribution in [0.5, 0.6) is 5.75 Å². The van der Waals surface area contributed by atoms with Gasteiger partial charge in [0.1, 0.15) is 12.1 Å². The average Bonchev–Trinajstić information content (AvgIpc) is 2.77. The minimum atomic E-state index is -0.410. The van der Waals surface area contributed by atoms with Gasteiger partial charge in [0.25, 0.3) is 5.56 Å². The third-order valence-electron chi connectivity index (χ3n) is 6.33. The number of ether oxygens (including phenoxy) is 1. The number of piperidine rings is 1. The second kappa shape index (κ2) is 7.55. The molecule has 2 aliphatic heterocycles. The van der Waals surface area contributed by atoms with Crippen molar-refractivity contribution < 1.29 is 9.13 Å². The van der Waals surface area contributed by atoms with Crippen molar-refractivity contribution in [1.29, 1.82) is 0 Å². The predicted molar refractivity (Wildman–Crippen MR) is 111 cm³/mol. The lowest BCUT2D eigenvalue weighted by Crippen LogP contribution is -2.50. The van der Waals surface area contributed by atoms with E-state index in [4.69, 9.17) is 4.74 Å². The maximum atomic E-state index is 14.4. The highest BCUT2D eigenvalue weighted by atomic mass is 19.1. The molecule has 5 rings (SSSR count). The van der Waals surface area contributed by atoms with Crippen LogP contribution in [0.2, 0.25) is 0 Å². The molecular weight excluding hydrogens is 383 g/mol. The number of methoxy groups -OCH3 is 1. The van der Waals surface area contributed by atoms with Gasteiger partial charge in [0.2, 0.25) is 0 Å². The topological polar surface area (TPSA) is 60.2 Å². The number of rotatable bonds is 4. The predicted octanol–water partition coefficient (Wildman–Crippen LogP) is 3.19. The molecule has 0 aliphatic carbocycles. The lowest BCUT2D eigenvalue weighted by atomic mass is 9.76. The van der Waals surface area contributed by atoms with E-state index in [1.807, 2.05) is 39.8 Å². The van der Waals surface area contributed by atoms with Gasteiger partial charge in [-0.15, -0.1) is 0 Å². The standard InChI is InChI=1S/C23H23FN4O2/c1-30-18-5-2-4-15(8-18)9-21-17-10-16(20-6-3-7-22(29)28(20)21)12-27(13-17)23-19(24)11-25-14-26-23/h2-8,11,14,16-17,21H,9-10,12-13H2,1H3/t16-,17+,21+/m1/s1. The van der Waals surface area contributed by atoms with E-state index in [0.29, 0.717) is 25.3 Å². The number of fused-ring (bicyclic) bond motifs is 4. The number of nitrogens with zero attached hydrogens (tertiary/aromatic N) is 4. The quantitative estimate of drug-likeness (QED) is 0.666. The number of benzene rings is 1. The Morgan fingerprint density at radius 3 is 2.90 bits per heavy atom. The van der Waals surface area contributed by atoms with Crippen LogP contribution in [-0.2, 0) is 6.42 Å². The minimum Gasteiger partial charge on any atom is -0.497 e. The summed E-state index contributed by atoms with van der Waals surface area (Å²) in [7, 11) is 1.65. The van der Waals surface area contributed by atoms with E-state index in [0.717, 1.165) is 23.4 Å². The van der Waals surface area contributed by atoms with Crippen molar-refractivity contribution in [2.24, 2.45) is 5.92 Å². The number of pyridine rings is 1. The Morgan fingerprint density at radius 2 is 2.07 bits per heavy atom. The summed E-state index contributed by atoms with van der Waals surface area (Å²) in [6.45, 7) is 1.29. The summed E-state index contributed by atoms with van der Waals surface area (Å²) in [6, 6.07) is 13.4. The molecule has 0 radical (unpaired) electrons. The summed E-state index contributed by atoms with van der Waals surface area (Å²) in [5, 5.41) is 0. The molecule has 0 amide bonds. The molecule has 7 heteroatoms. The van der Waals surface area contributed by atoms with Crippen molar-refractivity contribution in [1.82, 2.24) is 14.5 Å². The molecule has 30 heavy (non-hydrogen) atoms. The molecular formula is C23H23FN4O2. The Morgan fingerprint density at radius 1 is 1.20 bits per heavy atom. The van der Waals surface area contributed by atoms with Crippen LogP contribution in [0.4, 0.5) is 10.2 Å². The highest BCUT2D eigenvalue weighted by molar-refractivity contribution is 5.41. The van der Waals surface area contributed by atoms with Gasteiger partial charge in [-0.25, -0.2) is 14.4 Å². The molecule has 1 aromatic carbocycles. The highest BCUT2D eigenvalue weighted by Crippen LogP contribution is 2.43. The molecule has 4 heterocycles. The summed E-state index contributed by atoms with van der Waals surface area (Å²) in [4.78, 5) is 22.8. The lowest BCUT2D eigenvalue weighted by molar-refractivity contribution is 0.210. The summed E-state index contributed by atoms with van der Waals surface area (Å²) >= 11 is 0. The van der Waals surface area contributed by atoms with Gasteiger partial charge in [-0.2, -0.15) is 0 Å². The van der Waals surface area contributed by atoms with E-state index in [2.05, 4.69) is 16.0 Å². The van der Waals surface area contributed by atoms with Gasteiger partial charge in [-0.05, 0) is 42.5 Å². The molecule has 2 bridgehead atoms. The van der Waals surface area contributed by atoms with E-state index < -0.39 is 5.82 Å². The number of hydrogen-bond acceptors (Lipinski definition) is 5. The van der Waals surface area contributed by atoms with Gasteiger partial charge in [0, 0.05) is 36.8 Å². The van der Waals surface area contributed by atoms with E-state index in [-0.39, 0.29) is 23.4 Å². The van der Waals surface area contributed by atoms with Crippen molar-refractivity contribution in [3.8, 4) is 5.75 Å². The molecule has 0 saturated carbocycles. The molecule has 1 saturated heterocycles. The Kier molecular flexibility index (Phi) is 4.73. The number of hydrogen-bond donors (Lipinski definition) is 0. The average molecular weight is 406 g/mol. The molecule has 3 aromatic rings. The fraction of sp³-hybridized carbons (Fsp3) is 0.348. The van der Waals surface area contributed by atoms with E-state index >= 15 is 0 Å². The van der Waals surface area contributed by atoms with E-state index in [9.17, 15) is 9.18 Å². The molecule has 6 nitrogen and oxygen atoms in total. The molecule has 154 valence electrons. The maximum absolute atomic E-state index is 14.4. The SMILES string of the molecule is COc1cccc(C[C@H]2[C@H]3C[C@H](CN(c4ncncc4F)C3)c3cccc(=O)n32)c1. The molecule has 0 N–H and O–H groups in total. The normalized spacial score (nSPS) is 22.5. The van der Waals surface area contributed by atoms with Crippen LogP contribution in [-0.4, -0.2) is 34.7 Å². The molecule has 0 spiro atoms. The maximum Gasteiger partial charge on any atom is 0.251 e. The molecule has 0 unspecified atom stereocenters. The number of halogens is 1. The summed E-state index contributed by atoms with van der Waals surface area (Å²) in [5.74, 6) is 1.10. The first-order valence-electron chi connectivity index (χ1n) is 10.2. The number of aromatic nitrogens is 3. The molecule has 2 aromatic heterocycles. The molecule has 3 atom stereocenters. The van der Waals surface area contributed by atoms with Crippen molar-refractivity contribution in [2.75, 3.05) is 25.1 Å². The third-order valence-corrected chi connectivity index (χ3v) is 6.33. The fourth-order valence-electron chi connectivity index (χ4n) is 5.06. The van der Waals surface area contributed by atoms with Crippen LogP contribution in [0.3, 0.4) is 0 Å². The Bertz CT molecular complexity index is 1130. The summed E-state index contributed by atoms with van der Waals surface area (Å²) in [5.41, 5.74) is 2.16. The Balaban J connectivity index is 1.55. The second-order valence-electron chi connectivity index (χ2n) is 8.07. The van der Waals surface area contributed by atoms with Crippen LogP contribution >= 0.6 is 0 Å². The zero-order chi connectivity index (χ0) is 20.7. The first kappa shape index (κ1) is 18.8. The molecule has 2 aliphatic rings. The first-order chi connectivity index (χ1) is 14.6. The summed E-state index contributed by atoms with van der Waals surface area (Å²) < 4.78 is 21.7. The number of anilines is 1. The van der Waals surface area contributed by atoms with Crippen molar-refractivity contribution in [3.05, 3.63) is 82.4 Å². The smallest absolute Gasteiger partial charge is 0.251 e. The monoisotopic (exact) mass is 406 g/mol. The van der Waals surface area contributed by atoms with E-state index in [1.165, 1.54) is 12.5 Å². The largest absolute Gasteiger partial charge is 0.497 e. The molecule has 1 fully saturated rings. The summed E-state index contributed by atoms with van der Waals surface area (Å²) in [6.07, 6.45) is 4.28. The lowest BCUT2D eigenvalue weighted by Gasteiger charge is -2.47. The van der Waals surface area contributed by atoms with Gasteiger partial charge < -0.3 is 14.2 Å². The first-order valence-corrected chi connectivity index (χ1v) is 10.2. The van der Waals surface area contributed by atoms with Crippen molar-refractivity contribution >= 4 is 5.82 Å². The van der Waals surface area contributed by atoms with E-state index in [1.54, 1.807) is 13.2 Å². The van der Waals surface area contributed by atoms with Crippen LogP contribution in [0.25, 0.3) is 0 Å². The van der Waals surface area contributed by atoms with Crippen molar-refractivity contribution in [2.45, 2.75) is 24.8 Å². The third kappa shape index (κ3) is 3.24. The van der Waals surface area contributed by atoms with Gasteiger partial charge in [-0.1, -0.05) is 18.2 Å². The minimum absolute atomic E-state index is 0.00949.